The van der Waals surface area contributed by atoms with Crippen LogP contribution in [0.25, 0.3) is 16.5 Å². The van der Waals surface area contributed by atoms with Crippen molar-refractivity contribution in [2.24, 2.45) is 5.41 Å². The van der Waals surface area contributed by atoms with Gasteiger partial charge in [0.15, 0.2) is 22.6 Å². The van der Waals surface area contributed by atoms with Crippen molar-refractivity contribution in [1.82, 2.24) is 19.5 Å². The molecular formula is C48H53ClFN7O7S. The van der Waals surface area contributed by atoms with Gasteiger partial charge in [-0.15, -0.1) is 0 Å². The highest BCUT2D eigenvalue weighted by Crippen LogP contribution is 2.43. The molecule has 9 rings (SSSR count). The molecule has 0 radical (unpaired) electrons. The second-order valence-corrected chi connectivity index (χ2v) is 19.7. The maximum Gasteiger partial charge on any atom is 0.293 e. The number of piperazine rings is 1. The van der Waals surface area contributed by atoms with Crippen LogP contribution >= 0.6 is 11.6 Å². The number of carbonyl (C=O) groups is 1. The van der Waals surface area contributed by atoms with Crippen molar-refractivity contribution in [3.05, 3.63) is 123 Å². The van der Waals surface area contributed by atoms with Crippen LogP contribution in [0.5, 0.6) is 11.5 Å². The van der Waals surface area contributed by atoms with Crippen LogP contribution in [-0.2, 0) is 20.5 Å². The summed E-state index contributed by atoms with van der Waals surface area (Å²) in [5, 5.41) is 16.8. The molecule has 3 fully saturated rings. The molecule has 1 aliphatic carbocycles. The number of nitrogens with zero attached hydrogens (tertiary/aromatic N) is 4. The number of nitro groups is 1. The summed E-state index contributed by atoms with van der Waals surface area (Å²) >= 11 is 6.25. The molecule has 2 atom stereocenters. The van der Waals surface area contributed by atoms with Crippen LogP contribution in [0.3, 0.4) is 0 Å². The number of ether oxygens (including phenoxy) is 3. The summed E-state index contributed by atoms with van der Waals surface area (Å²) in [6.45, 7) is 12.3. The van der Waals surface area contributed by atoms with E-state index in [1.807, 2.05) is 12.1 Å². The van der Waals surface area contributed by atoms with Gasteiger partial charge in [-0.25, -0.2) is 8.60 Å². The molecule has 1 aromatic heterocycles. The third kappa shape index (κ3) is 10.4. The van der Waals surface area contributed by atoms with Crippen molar-refractivity contribution in [2.75, 3.05) is 82.4 Å². The van der Waals surface area contributed by atoms with Gasteiger partial charge in [0.2, 0.25) is 0 Å². The number of rotatable bonds is 14. The molecule has 2 unspecified atom stereocenters. The molecule has 1 amide bonds. The van der Waals surface area contributed by atoms with E-state index in [-0.39, 0.29) is 44.9 Å². The van der Waals surface area contributed by atoms with Crippen molar-refractivity contribution in [3.63, 3.8) is 0 Å². The second-order valence-electron chi connectivity index (χ2n) is 18.0. The van der Waals surface area contributed by atoms with E-state index in [1.165, 1.54) is 41.0 Å². The molecule has 0 bridgehead atoms. The lowest BCUT2D eigenvalue weighted by molar-refractivity contribution is -0.384. The van der Waals surface area contributed by atoms with E-state index in [0.29, 0.717) is 62.9 Å². The maximum atomic E-state index is 15.5. The predicted molar refractivity (Wildman–Crippen MR) is 251 cm³/mol. The van der Waals surface area contributed by atoms with E-state index in [4.69, 9.17) is 25.8 Å². The third-order valence-electron chi connectivity index (χ3n) is 13.0. The number of benzene rings is 4. The van der Waals surface area contributed by atoms with Crippen LogP contribution in [0.4, 0.5) is 21.5 Å². The molecule has 4 aliphatic rings. The number of anilines is 2. The lowest BCUT2D eigenvalue weighted by Crippen LogP contribution is -2.56. The quantitative estimate of drug-likeness (QED) is 0.0727. The molecular weight excluding hydrogens is 873 g/mol. The third-order valence-corrected chi connectivity index (χ3v) is 14.3. The van der Waals surface area contributed by atoms with Crippen molar-refractivity contribution in [1.29, 1.82) is 0 Å². The number of hydrogen-bond acceptors (Lipinski definition) is 11. The minimum atomic E-state index is -2.21. The van der Waals surface area contributed by atoms with Gasteiger partial charge in [0, 0.05) is 98.4 Å². The molecule has 3 aliphatic heterocycles. The minimum Gasteiger partial charge on any atom is -0.453 e. The van der Waals surface area contributed by atoms with Gasteiger partial charge in [-0.1, -0.05) is 43.2 Å². The molecule has 0 spiro atoms. The monoisotopic (exact) mass is 925 g/mol. The highest BCUT2D eigenvalue weighted by atomic mass is 35.5. The first kappa shape index (κ1) is 44.8. The van der Waals surface area contributed by atoms with Gasteiger partial charge in [0.25, 0.3) is 11.6 Å². The molecule has 4 heterocycles. The number of H-pyrrole nitrogens is 1. The number of halogens is 2. The lowest BCUT2D eigenvalue weighted by Gasteiger charge is -2.42. The second kappa shape index (κ2) is 19.2. The van der Waals surface area contributed by atoms with Crippen LogP contribution in [0.15, 0.2) is 95.5 Å². The zero-order chi connectivity index (χ0) is 45.2. The number of allylic oxidation sites excluding steroid dienone is 1. The Balaban J connectivity index is 0.905. The standard InChI is InChI=1S/C48H53ClFN7O7S/c1-48(2)13-11-33(40(25-48)31-3-5-34(49)6-4-31)27-54-15-17-55(18-16-54)35-7-9-39(45(22-35)64-46-21-32-12-14-51-43(32)24-41(46)50)47(58)53-65(61)38-8-10-42(44(23-38)57(59)60)52-26-37-28-56(19-20-63-37)36-29-62-30-36/h3-10,12,14,21-24,36-37,51-52H,11,13,15-20,25-30H2,1-2H3,(H,53,58). The molecule has 4 aromatic carbocycles. The number of carbonyl (C=O) groups excluding carboxylic acids is 1. The van der Waals surface area contributed by atoms with Crippen LogP contribution in [0.1, 0.15) is 49.0 Å². The Labute approximate surface area is 384 Å². The number of aromatic nitrogens is 1. The summed E-state index contributed by atoms with van der Waals surface area (Å²) in [6, 6.07) is 22.4. The molecule has 17 heteroatoms. The van der Waals surface area contributed by atoms with Gasteiger partial charge < -0.3 is 29.4 Å². The fraction of sp³-hybridized carbons (Fsp3) is 0.396. The normalized spacial score (nSPS) is 20.1. The Morgan fingerprint density at radius 2 is 1.82 bits per heavy atom. The summed E-state index contributed by atoms with van der Waals surface area (Å²) < 4.78 is 49.1. The summed E-state index contributed by atoms with van der Waals surface area (Å²) in [5.74, 6) is -1.42. The smallest absolute Gasteiger partial charge is 0.293 e. The van der Waals surface area contributed by atoms with E-state index in [1.54, 1.807) is 36.5 Å². The number of hydrogen-bond donors (Lipinski definition) is 3. The summed E-state index contributed by atoms with van der Waals surface area (Å²) in [7, 11) is -2.21. The van der Waals surface area contributed by atoms with Gasteiger partial charge in [0.05, 0.1) is 47.3 Å². The molecule has 14 nitrogen and oxygen atoms in total. The Morgan fingerprint density at radius 1 is 1.02 bits per heavy atom. The van der Waals surface area contributed by atoms with Crippen LogP contribution in [0, 0.1) is 21.3 Å². The summed E-state index contributed by atoms with van der Waals surface area (Å²) in [6.07, 6.45) is 4.69. The van der Waals surface area contributed by atoms with Crippen molar-refractivity contribution < 1.29 is 32.5 Å². The molecule has 5 aromatic rings. The van der Waals surface area contributed by atoms with Crippen LogP contribution in [-0.4, -0.2) is 114 Å². The van der Waals surface area contributed by atoms with Crippen molar-refractivity contribution in [3.8, 4) is 11.5 Å². The summed E-state index contributed by atoms with van der Waals surface area (Å²) in [4.78, 5) is 35.7. The van der Waals surface area contributed by atoms with E-state index in [2.05, 4.69) is 55.7 Å². The number of fused-ring (bicyclic) bond motifs is 1. The number of amides is 1. The fourth-order valence-electron chi connectivity index (χ4n) is 9.11. The van der Waals surface area contributed by atoms with Gasteiger partial charge in [-0.2, -0.15) is 0 Å². The molecule has 0 saturated carbocycles. The van der Waals surface area contributed by atoms with Gasteiger partial charge in [-0.05, 0) is 84.3 Å². The lowest BCUT2D eigenvalue weighted by atomic mass is 9.72. The van der Waals surface area contributed by atoms with Crippen LogP contribution in [0.2, 0.25) is 5.02 Å². The Kier molecular flexibility index (Phi) is 13.3. The first-order valence-corrected chi connectivity index (χ1v) is 23.6. The van der Waals surface area contributed by atoms with E-state index in [9.17, 15) is 19.1 Å². The van der Waals surface area contributed by atoms with E-state index < -0.39 is 27.6 Å². The number of nitrogens with one attached hydrogen (secondary N) is 3. The molecule has 3 saturated heterocycles. The van der Waals surface area contributed by atoms with Crippen molar-refractivity contribution >= 4 is 62.0 Å². The van der Waals surface area contributed by atoms with Crippen LogP contribution < -0.4 is 19.7 Å². The average Bonchev–Trinajstić information content (AvgIpc) is 3.73. The molecule has 65 heavy (non-hydrogen) atoms. The average molecular weight is 927 g/mol. The Hall–Kier alpha value is -5.36. The largest absolute Gasteiger partial charge is 0.453 e. The maximum absolute atomic E-state index is 15.5. The van der Waals surface area contributed by atoms with E-state index in [0.717, 1.165) is 56.2 Å². The Bertz CT molecular complexity index is 2630. The molecule has 3 N–H and O–H groups in total. The zero-order valence-electron chi connectivity index (χ0n) is 36.4. The van der Waals surface area contributed by atoms with Gasteiger partial charge in [0.1, 0.15) is 11.4 Å². The van der Waals surface area contributed by atoms with Gasteiger partial charge in [-0.3, -0.25) is 29.4 Å². The summed E-state index contributed by atoms with van der Waals surface area (Å²) in [5.41, 5.74) is 5.63. The first-order chi connectivity index (χ1) is 31.4. The van der Waals surface area contributed by atoms with Crippen molar-refractivity contribution in [2.45, 2.75) is 50.2 Å². The first-order valence-electron chi connectivity index (χ1n) is 22.1. The number of morpholine rings is 1. The molecule has 342 valence electrons. The number of aromatic amines is 1. The Morgan fingerprint density at radius 3 is 2.57 bits per heavy atom. The topological polar surface area (TPSA) is 155 Å². The fourth-order valence-corrected chi connectivity index (χ4v) is 10.0. The SMILES string of the molecule is CC1(C)CCC(CN2CCN(c3ccc(C(=O)NS(=O)c4ccc(NCC5CN(C6COC6)CCO5)c([N+](=O)[O-])c4)c(Oc4cc5cc[nH]c5cc4F)c3)CC2)=C(c2ccc(Cl)cc2)C1. The highest BCUT2D eigenvalue weighted by Gasteiger charge is 2.32. The highest BCUT2D eigenvalue weighted by molar-refractivity contribution is 7.83. The van der Waals surface area contributed by atoms with Gasteiger partial charge >= 0.3 is 0 Å². The van der Waals surface area contributed by atoms with E-state index >= 15 is 4.39 Å². The minimum absolute atomic E-state index is 0.0129. The zero-order valence-corrected chi connectivity index (χ0v) is 38.0. The predicted octanol–water partition coefficient (Wildman–Crippen LogP) is 8.41. The number of nitro benzene ring substituents is 1.